The van der Waals surface area contributed by atoms with Gasteiger partial charge in [0.15, 0.2) is 0 Å². The monoisotopic (exact) mass is 285 g/mol. The first-order valence-corrected chi connectivity index (χ1v) is 7.36. The van der Waals surface area contributed by atoms with Gasteiger partial charge in [-0.25, -0.2) is 4.98 Å². The molecule has 0 aliphatic heterocycles. The summed E-state index contributed by atoms with van der Waals surface area (Å²) in [6, 6.07) is 9.74. The molecular formula is C15H15N3OS. The van der Waals surface area contributed by atoms with Crippen LogP contribution in [0, 0.1) is 5.92 Å². The van der Waals surface area contributed by atoms with Crippen LogP contribution in [0.4, 0.5) is 5.69 Å². The number of anilines is 1. The fraction of sp³-hybridized carbons (Fsp3) is 0.200. The Labute approximate surface area is 120 Å². The van der Waals surface area contributed by atoms with E-state index < -0.39 is 0 Å². The number of fused-ring (bicyclic) bond motifs is 1. The van der Waals surface area contributed by atoms with Crippen molar-refractivity contribution in [1.82, 2.24) is 9.97 Å². The van der Waals surface area contributed by atoms with E-state index in [1.807, 2.05) is 49.6 Å². The number of hydrogen-bond acceptors (Lipinski definition) is 3. The summed E-state index contributed by atoms with van der Waals surface area (Å²) in [6.45, 7) is 3.75. The lowest BCUT2D eigenvalue weighted by Crippen LogP contribution is -2.17. The number of thiophene rings is 1. The Morgan fingerprint density at radius 1 is 1.35 bits per heavy atom. The largest absolute Gasteiger partial charge is 0.337 e. The lowest BCUT2D eigenvalue weighted by molar-refractivity contribution is -0.118. The Morgan fingerprint density at radius 3 is 2.90 bits per heavy atom. The van der Waals surface area contributed by atoms with Crippen molar-refractivity contribution >= 4 is 34.0 Å². The van der Waals surface area contributed by atoms with Gasteiger partial charge in [-0.1, -0.05) is 19.9 Å². The molecule has 2 N–H and O–H groups in total. The molecule has 2 heterocycles. The maximum absolute atomic E-state index is 11.7. The second-order valence-electron chi connectivity index (χ2n) is 4.94. The zero-order chi connectivity index (χ0) is 14.1. The number of aromatic amines is 1. The first kappa shape index (κ1) is 12.9. The molecule has 0 unspecified atom stereocenters. The van der Waals surface area contributed by atoms with E-state index in [1.165, 1.54) is 0 Å². The van der Waals surface area contributed by atoms with Gasteiger partial charge in [0.1, 0.15) is 5.82 Å². The summed E-state index contributed by atoms with van der Waals surface area (Å²) in [5.41, 5.74) is 2.61. The number of carbonyl (C=O) groups is 1. The molecule has 1 amide bonds. The maximum atomic E-state index is 11.7. The number of hydrogen-bond donors (Lipinski definition) is 2. The van der Waals surface area contributed by atoms with Crippen molar-refractivity contribution in [1.29, 1.82) is 0 Å². The molecule has 2 aromatic heterocycles. The number of aromatic nitrogens is 2. The second-order valence-corrected chi connectivity index (χ2v) is 5.89. The Hall–Kier alpha value is -2.14. The zero-order valence-corrected chi connectivity index (χ0v) is 12.1. The predicted molar refractivity (Wildman–Crippen MR) is 82.9 cm³/mol. The molecule has 0 radical (unpaired) electrons. The first-order valence-electron chi connectivity index (χ1n) is 6.48. The summed E-state index contributed by atoms with van der Waals surface area (Å²) in [6.07, 6.45) is 0. The standard InChI is InChI=1S/C15H15N3OS/c1-9(2)15(19)16-10-5-6-11-12(8-10)18-14(17-11)13-4-3-7-20-13/h3-9H,1-2H3,(H,16,19)(H,17,18). The van der Waals surface area contributed by atoms with Crippen molar-refractivity contribution in [3.63, 3.8) is 0 Å². The van der Waals surface area contributed by atoms with E-state index in [-0.39, 0.29) is 11.8 Å². The van der Waals surface area contributed by atoms with Crippen molar-refractivity contribution < 1.29 is 4.79 Å². The third-order valence-electron chi connectivity index (χ3n) is 3.03. The quantitative estimate of drug-likeness (QED) is 0.767. The normalized spacial score (nSPS) is 11.2. The number of nitrogens with one attached hydrogen (secondary N) is 2. The van der Waals surface area contributed by atoms with Crippen LogP contribution in [0.25, 0.3) is 21.7 Å². The van der Waals surface area contributed by atoms with Crippen LogP contribution >= 0.6 is 11.3 Å². The lowest BCUT2D eigenvalue weighted by Gasteiger charge is -2.07. The number of rotatable bonds is 3. The Bertz CT molecular complexity index is 744. The highest BCUT2D eigenvalue weighted by Gasteiger charge is 2.09. The highest BCUT2D eigenvalue weighted by atomic mass is 32.1. The van der Waals surface area contributed by atoms with E-state index in [0.29, 0.717) is 0 Å². The topological polar surface area (TPSA) is 57.8 Å². The van der Waals surface area contributed by atoms with Crippen LogP contribution in [0.5, 0.6) is 0 Å². The Kier molecular flexibility index (Phi) is 3.28. The van der Waals surface area contributed by atoms with Gasteiger partial charge in [0.05, 0.1) is 15.9 Å². The molecule has 0 spiro atoms. The van der Waals surface area contributed by atoms with Crippen molar-refractivity contribution in [2.24, 2.45) is 5.92 Å². The van der Waals surface area contributed by atoms with Crippen molar-refractivity contribution in [2.75, 3.05) is 5.32 Å². The fourth-order valence-electron chi connectivity index (χ4n) is 1.90. The summed E-state index contributed by atoms with van der Waals surface area (Å²) < 4.78 is 0. The van der Waals surface area contributed by atoms with Crippen LogP contribution < -0.4 is 5.32 Å². The molecule has 20 heavy (non-hydrogen) atoms. The highest BCUT2D eigenvalue weighted by molar-refractivity contribution is 7.13. The second kappa shape index (κ2) is 5.09. The van der Waals surface area contributed by atoms with Gasteiger partial charge in [0.2, 0.25) is 5.91 Å². The van der Waals surface area contributed by atoms with Gasteiger partial charge in [0.25, 0.3) is 0 Å². The minimum absolute atomic E-state index is 0.0161. The van der Waals surface area contributed by atoms with E-state index in [4.69, 9.17) is 0 Å². The number of imidazole rings is 1. The van der Waals surface area contributed by atoms with Crippen LogP contribution in [0.1, 0.15) is 13.8 Å². The summed E-state index contributed by atoms with van der Waals surface area (Å²) in [4.78, 5) is 20.7. The molecule has 4 nitrogen and oxygen atoms in total. The summed E-state index contributed by atoms with van der Waals surface area (Å²) in [5, 5.41) is 4.92. The van der Waals surface area contributed by atoms with Crippen LogP contribution in [-0.2, 0) is 4.79 Å². The van der Waals surface area contributed by atoms with Crippen LogP contribution in [0.2, 0.25) is 0 Å². The van der Waals surface area contributed by atoms with E-state index in [0.717, 1.165) is 27.4 Å². The third-order valence-corrected chi connectivity index (χ3v) is 3.90. The van der Waals surface area contributed by atoms with E-state index in [9.17, 15) is 4.79 Å². The van der Waals surface area contributed by atoms with Crippen LogP contribution in [0.3, 0.4) is 0 Å². The molecule has 102 valence electrons. The number of carbonyl (C=O) groups excluding carboxylic acids is 1. The van der Waals surface area contributed by atoms with Crippen molar-refractivity contribution in [3.05, 3.63) is 35.7 Å². The van der Waals surface area contributed by atoms with Gasteiger partial charge in [-0.2, -0.15) is 0 Å². The number of nitrogens with zero attached hydrogens (tertiary/aromatic N) is 1. The molecule has 0 aliphatic carbocycles. The Morgan fingerprint density at radius 2 is 2.20 bits per heavy atom. The predicted octanol–water partition coefficient (Wildman–Crippen LogP) is 3.89. The number of amides is 1. The molecule has 5 heteroatoms. The zero-order valence-electron chi connectivity index (χ0n) is 11.3. The van der Waals surface area contributed by atoms with Crippen molar-refractivity contribution in [2.45, 2.75) is 13.8 Å². The van der Waals surface area contributed by atoms with Gasteiger partial charge < -0.3 is 10.3 Å². The molecule has 0 aliphatic rings. The SMILES string of the molecule is CC(C)C(=O)Nc1ccc2nc(-c3cccs3)[nH]c2c1. The van der Waals surface area contributed by atoms with E-state index in [2.05, 4.69) is 15.3 Å². The van der Waals surface area contributed by atoms with Gasteiger partial charge >= 0.3 is 0 Å². The maximum Gasteiger partial charge on any atom is 0.226 e. The molecule has 3 aromatic rings. The molecule has 0 fully saturated rings. The molecule has 0 atom stereocenters. The van der Waals surface area contributed by atoms with Gasteiger partial charge in [-0.05, 0) is 29.6 Å². The van der Waals surface area contributed by atoms with Crippen LogP contribution in [0.15, 0.2) is 35.7 Å². The van der Waals surface area contributed by atoms with Gasteiger partial charge in [0, 0.05) is 11.6 Å². The summed E-state index contributed by atoms with van der Waals surface area (Å²) in [5.74, 6) is 0.846. The number of H-pyrrole nitrogens is 1. The average Bonchev–Trinajstić information content (AvgIpc) is 3.06. The van der Waals surface area contributed by atoms with E-state index >= 15 is 0 Å². The lowest BCUT2D eigenvalue weighted by atomic mass is 10.2. The highest BCUT2D eigenvalue weighted by Crippen LogP contribution is 2.26. The van der Waals surface area contributed by atoms with Crippen LogP contribution in [-0.4, -0.2) is 15.9 Å². The van der Waals surface area contributed by atoms with Crippen molar-refractivity contribution in [3.8, 4) is 10.7 Å². The van der Waals surface area contributed by atoms with Gasteiger partial charge in [-0.15, -0.1) is 11.3 Å². The first-order chi connectivity index (χ1) is 9.63. The molecule has 0 saturated heterocycles. The van der Waals surface area contributed by atoms with E-state index in [1.54, 1.807) is 11.3 Å². The van der Waals surface area contributed by atoms with Gasteiger partial charge in [-0.3, -0.25) is 4.79 Å². The summed E-state index contributed by atoms with van der Waals surface area (Å²) >= 11 is 1.65. The minimum atomic E-state index is -0.0332. The smallest absolute Gasteiger partial charge is 0.226 e. The minimum Gasteiger partial charge on any atom is -0.337 e. The molecular weight excluding hydrogens is 270 g/mol. The average molecular weight is 285 g/mol. The fourth-order valence-corrected chi connectivity index (χ4v) is 2.57. The third kappa shape index (κ3) is 2.44. The molecule has 0 saturated carbocycles. The molecule has 0 bridgehead atoms. The number of benzene rings is 1. The summed E-state index contributed by atoms with van der Waals surface area (Å²) in [7, 11) is 0. The molecule has 3 rings (SSSR count). The Balaban J connectivity index is 1.93. The molecule has 1 aromatic carbocycles.